The average Bonchev–Trinajstić information content (AvgIpc) is 2.96. The van der Waals surface area contributed by atoms with Crippen molar-refractivity contribution in [3.63, 3.8) is 0 Å². The fourth-order valence-electron chi connectivity index (χ4n) is 3.69. The number of halogens is 1. The van der Waals surface area contributed by atoms with Crippen LogP contribution in [-0.4, -0.2) is 23.0 Å². The quantitative estimate of drug-likeness (QED) is 0.147. The number of hydrogen-bond donors (Lipinski definition) is 3. The van der Waals surface area contributed by atoms with Gasteiger partial charge in [-0.25, -0.2) is 0 Å². The second kappa shape index (κ2) is 13.6. The molecule has 40 heavy (non-hydrogen) atoms. The van der Waals surface area contributed by atoms with E-state index in [0.717, 1.165) is 16.1 Å². The van der Waals surface area contributed by atoms with Crippen LogP contribution >= 0.6 is 23.4 Å². The summed E-state index contributed by atoms with van der Waals surface area (Å²) in [5.74, 6) is -0.978. The molecule has 4 aromatic carbocycles. The molecule has 1 unspecified atom stereocenters. The van der Waals surface area contributed by atoms with Gasteiger partial charge in [-0.3, -0.25) is 14.4 Å². The molecule has 0 heterocycles. The summed E-state index contributed by atoms with van der Waals surface area (Å²) in [5.41, 5.74) is 3.54. The van der Waals surface area contributed by atoms with Crippen LogP contribution in [-0.2, 0) is 9.59 Å². The van der Waals surface area contributed by atoms with Gasteiger partial charge in [0, 0.05) is 26.9 Å². The first-order chi connectivity index (χ1) is 19.3. The number of carbonyl (C=O) groups excluding carboxylic acids is 3. The van der Waals surface area contributed by atoms with Crippen molar-refractivity contribution in [2.45, 2.75) is 24.0 Å². The summed E-state index contributed by atoms with van der Waals surface area (Å²) in [4.78, 5) is 39.6. The minimum Gasteiger partial charge on any atom is -0.325 e. The molecule has 0 saturated heterocycles. The molecule has 4 aromatic rings. The van der Waals surface area contributed by atoms with Crippen LogP contribution in [0.4, 0.5) is 11.4 Å². The van der Waals surface area contributed by atoms with E-state index in [0.29, 0.717) is 21.8 Å². The molecule has 8 heteroatoms. The number of hydrogen-bond acceptors (Lipinski definition) is 4. The molecule has 0 aliphatic heterocycles. The van der Waals surface area contributed by atoms with Crippen molar-refractivity contribution < 1.29 is 14.4 Å². The molecule has 0 fully saturated rings. The molecule has 0 aromatic heterocycles. The van der Waals surface area contributed by atoms with Crippen LogP contribution in [0.15, 0.2) is 114 Å². The fourth-order valence-corrected chi connectivity index (χ4v) is 4.68. The van der Waals surface area contributed by atoms with Gasteiger partial charge < -0.3 is 16.0 Å². The normalized spacial score (nSPS) is 11.8. The number of thioether (sulfide) groups is 1. The van der Waals surface area contributed by atoms with Gasteiger partial charge in [0.05, 0.1) is 5.25 Å². The van der Waals surface area contributed by atoms with Crippen LogP contribution in [0, 0.1) is 6.92 Å². The first-order valence-electron chi connectivity index (χ1n) is 12.6. The van der Waals surface area contributed by atoms with Crippen LogP contribution in [0.25, 0.3) is 6.08 Å². The van der Waals surface area contributed by atoms with E-state index < -0.39 is 11.8 Å². The summed E-state index contributed by atoms with van der Waals surface area (Å²) in [7, 11) is 0. The van der Waals surface area contributed by atoms with Crippen LogP contribution < -0.4 is 16.0 Å². The summed E-state index contributed by atoms with van der Waals surface area (Å²) in [6.07, 6.45) is 1.59. The maximum Gasteiger partial charge on any atom is 0.272 e. The SMILES string of the molecule is Cc1ccccc1NC(=O)C(C)Sc1ccc(NC(=O)/C(=C/c2ccc(Cl)cc2)NC(=O)c2ccccc2)cc1. The standard InChI is InChI=1S/C32H28ClN3O3S/c1-21-8-6-7-11-28(21)35-30(37)22(2)40-27-18-16-26(17-19-27)34-32(39)29(20-23-12-14-25(33)15-13-23)36-31(38)24-9-4-3-5-10-24/h3-20,22H,1-2H3,(H,34,39)(H,35,37)(H,36,38)/b29-20-. The molecule has 0 aliphatic rings. The summed E-state index contributed by atoms with van der Waals surface area (Å²) < 4.78 is 0. The Hall–Kier alpha value is -4.33. The summed E-state index contributed by atoms with van der Waals surface area (Å²) in [6.45, 7) is 3.79. The third-order valence-electron chi connectivity index (χ3n) is 5.91. The van der Waals surface area contributed by atoms with Crippen molar-refractivity contribution in [1.29, 1.82) is 0 Å². The Morgan fingerprint density at radius 3 is 2.12 bits per heavy atom. The zero-order valence-corrected chi connectivity index (χ0v) is 23.6. The van der Waals surface area contributed by atoms with Gasteiger partial charge in [0.2, 0.25) is 5.91 Å². The number of rotatable bonds is 9. The van der Waals surface area contributed by atoms with Crippen LogP contribution in [0.3, 0.4) is 0 Å². The summed E-state index contributed by atoms with van der Waals surface area (Å²) in [6, 6.07) is 30.4. The van der Waals surface area contributed by atoms with Gasteiger partial charge in [0.1, 0.15) is 5.70 Å². The van der Waals surface area contributed by atoms with Gasteiger partial charge in [-0.1, -0.05) is 60.1 Å². The molecule has 0 radical (unpaired) electrons. The van der Waals surface area contributed by atoms with Gasteiger partial charge in [0.15, 0.2) is 0 Å². The van der Waals surface area contributed by atoms with Crippen molar-refractivity contribution in [3.8, 4) is 0 Å². The first-order valence-corrected chi connectivity index (χ1v) is 13.8. The largest absolute Gasteiger partial charge is 0.325 e. The lowest BCUT2D eigenvalue weighted by Gasteiger charge is -2.14. The second-order valence-electron chi connectivity index (χ2n) is 8.97. The van der Waals surface area contributed by atoms with Gasteiger partial charge >= 0.3 is 0 Å². The number of nitrogens with one attached hydrogen (secondary N) is 3. The third-order valence-corrected chi connectivity index (χ3v) is 7.27. The van der Waals surface area contributed by atoms with Gasteiger partial charge in [-0.15, -0.1) is 11.8 Å². The van der Waals surface area contributed by atoms with Gasteiger partial charge in [0.25, 0.3) is 11.8 Å². The van der Waals surface area contributed by atoms with E-state index in [1.165, 1.54) is 11.8 Å². The summed E-state index contributed by atoms with van der Waals surface area (Å²) >= 11 is 7.41. The molecule has 1 atom stereocenters. The molecule has 202 valence electrons. The minimum atomic E-state index is -0.481. The van der Waals surface area contributed by atoms with Crippen molar-refractivity contribution in [2.75, 3.05) is 10.6 Å². The number of carbonyl (C=O) groups is 3. The minimum absolute atomic E-state index is 0.0797. The lowest BCUT2D eigenvalue weighted by atomic mass is 10.1. The Bertz CT molecular complexity index is 1520. The number of para-hydroxylation sites is 1. The number of anilines is 2. The monoisotopic (exact) mass is 569 g/mol. The maximum absolute atomic E-state index is 13.2. The van der Waals surface area contributed by atoms with Crippen molar-refractivity contribution >= 4 is 58.5 Å². The lowest BCUT2D eigenvalue weighted by molar-refractivity contribution is -0.115. The lowest BCUT2D eigenvalue weighted by Crippen LogP contribution is -2.30. The molecular formula is C32H28ClN3O3S. The number of benzene rings is 4. The van der Waals surface area contributed by atoms with E-state index in [-0.39, 0.29) is 16.9 Å². The predicted molar refractivity (Wildman–Crippen MR) is 164 cm³/mol. The molecule has 0 spiro atoms. The van der Waals surface area contributed by atoms with Gasteiger partial charge in [-0.2, -0.15) is 0 Å². The highest BCUT2D eigenvalue weighted by atomic mass is 35.5. The Labute approximate surface area is 242 Å². The number of amides is 3. The van der Waals surface area contributed by atoms with E-state index in [9.17, 15) is 14.4 Å². The van der Waals surface area contributed by atoms with E-state index in [4.69, 9.17) is 11.6 Å². The van der Waals surface area contributed by atoms with Crippen LogP contribution in [0.1, 0.15) is 28.4 Å². The zero-order valence-electron chi connectivity index (χ0n) is 22.0. The van der Waals surface area contributed by atoms with E-state index in [2.05, 4.69) is 16.0 Å². The first kappa shape index (κ1) is 28.7. The highest BCUT2D eigenvalue weighted by molar-refractivity contribution is 8.00. The predicted octanol–water partition coefficient (Wildman–Crippen LogP) is 7.18. The van der Waals surface area contributed by atoms with Crippen LogP contribution in [0.5, 0.6) is 0 Å². The topological polar surface area (TPSA) is 87.3 Å². The molecule has 4 rings (SSSR count). The molecule has 3 amide bonds. The van der Waals surface area contributed by atoms with Crippen molar-refractivity contribution in [3.05, 3.63) is 131 Å². The smallest absolute Gasteiger partial charge is 0.272 e. The van der Waals surface area contributed by atoms with Crippen molar-refractivity contribution in [2.24, 2.45) is 0 Å². The van der Waals surface area contributed by atoms with E-state index in [1.54, 1.807) is 66.7 Å². The van der Waals surface area contributed by atoms with Crippen LogP contribution in [0.2, 0.25) is 5.02 Å². The molecule has 6 nitrogen and oxygen atoms in total. The summed E-state index contributed by atoms with van der Waals surface area (Å²) in [5, 5.41) is 8.76. The average molecular weight is 570 g/mol. The van der Waals surface area contributed by atoms with Gasteiger partial charge in [-0.05, 0) is 85.6 Å². The zero-order chi connectivity index (χ0) is 28.5. The Morgan fingerprint density at radius 2 is 1.45 bits per heavy atom. The maximum atomic E-state index is 13.2. The molecule has 0 bridgehead atoms. The molecule has 0 saturated carbocycles. The highest BCUT2D eigenvalue weighted by Gasteiger charge is 2.17. The molecular weight excluding hydrogens is 542 g/mol. The Kier molecular flexibility index (Phi) is 9.78. The number of aryl methyl sites for hydroxylation is 1. The van der Waals surface area contributed by atoms with E-state index in [1.807, 2.05) is 56.3 Å². The van der Waals surface area contributed by atoms with Crippen molar-refractivity contribution in [1.82, 2.24) is 5.32 Å². The van der Waals surface area contributed by atoms with E-state index >= 15 is 0 Å². The fraction of sp³-hybridized carbons (Fsp3) is 0.0938. The highest BCUT2D eigenvalue weighted by Crippen LogP contribution is 2.26. The second-order valence-corrected chi connectivity index (χ2v) is 10.8. The third kappa shape index (κ3) is 8.09. The Morgan fingerprint density at radius 1 is 0.800 bits per heavy atom. The molecule has 3 N–H and O–H groups in total. The Balaban J connectivity index is 1.43. The molecule has 0 aliphatic carbocycles.